The molecule has 0 heterocycles. The molecule has 2 N–H and O–H groups in total. The maximum atomic E-state index is 12.2. The van der Waals surface area contributed by atoms with Crippen LogP contribution in [0.4, 0.5) is 5.69 Å². The van der Waals surface area contributed by atoms with Gasteiger partial charge in [-0.1, -0.05) is 0 Å². The standard InChI is InChI=1S/C14H18N2O4/c1-9(2)16(8-13(18)19)14(20)11-4-6-12(7-5-11)15-10(3)17/h4-7,9H,8H2,1-3H3,(H,15,17)(H,18,19). The molecule has 1 aromatic rings. The van der Waals surface area contributed by atoms with Crippen molar-refractivity contribution in [3.8, 4) is 0 Å². The molecular formula is C14H18N2O4. The van der Waals surface area contributed by atoms with Crippen molar-refractivity contribution < 1.29 is 19.5 Å². The number of carbonyl (C=O) groups excluding carboxylic acids is 2. The van der Waals surface area contributed by atoms with Crippen molar-refractivity contribution in [2.45, 2.75) is 26.8 Å². The van der Waals surface area contributed by atoms with Gasteiger partial charge in [-0.2, -0.15) is 0 Å². The first-order valence-electron chi connectivity index (χ1n) is 6.21. The Morgan fingerprint density at radius 2 is 1.75 bits per heavy atom. The molecule has 0 spiro atoms. The summed E-state index contributed by atoms with van der Waals surface area (Å²) >= 11 is 0. The van der Waals surface area contributed by atoms with Crippen molar-refractivity contribution in [3.05, 3.63) is 29.8 Å². The van der Waals surface area contributed by atoms with Crippen LogP contribution in [0.5, 0.6) is 0 Å². The Morgan fingerprint density at radius 3 is 2.15 bits per heavy atom. The van der Waals surface area contributed by atoms with Crippen molar-refractivity contribution in [1.29, 1.82) is 0 Å². The van der Waals surface area contributed by atoms with Crippen LogP contribution >= 0.6 is 0 Å². The number of hydrogen-bond acceptors (Lipinski definition) is 3. The monoisotopic (exact) mass is 278 g/mol. The van der Waals surface area contributed by atoms with Gasteiger partial charge in [-0.15, -0.1) is 0 Å². The summed E-state index contributed by atoms with van der Waals surface area (Å²) in [4.78, 5) is 35.2. The van der Waals surface area contributed by atoms with Gasteiger partial charge in [0.15, 0.2) is 0 Å². The van der Waals surface area contributed by atoms with E-state index in [4.69, 9.17) is 5.11 Å². The molecule has 6 nitrogen and oxygen atoms in total. The molecule has 1 aromatic carbocycles. The van der Waals surface area contributed by atoms with E-state index in [-0.39, 0.29) is 24.4 Å². The molecule has 0 saturated carbocycles. The molecule has 0 aliphatic heterocycles. The van der Waals surface area contributed by atoms with E-state index in [1.165, 1.54) is 11.8 Å². The molecule has 0 unspecified atom stereocenters. The van der Waals surface area contributed by atoms with Gasteiger partial charge in [-0.05, 0) is 38.1 Å². The third kappa shape index (κ3) is 4.38. The smallest absolute Gasteiger partial charge is 0.323 e. The van der Waals surface area contributed by atoms with Crippen LogP contribution in [0.3, 0.4) is 0 Å². The number of carboxylic acids is 1. The number of anilines is 1. The Labute approximate surface area is 117 Å². The van der Waals surface area contributed by atoms with Gasteiger partial charge >= 0.3 is 5.97 Å². The SMILES string of the molecule is CC(=O)Nc1ccc(C(=O)N(CC(=O)O)C(C)C)cc1. The Bertz CT molecular complexity index is 508. The molecule has 0 saturated heterocycles. The zero-order chi connectivity index (χ0) is 15.3. The predicted molar refractivity (Wildman–Crippen MR) is 74.6 cm³/mol. The van der Waals surface area contributed by atoms with Crippen molar-refractivity contribution in [1.82, 2.24) is 4.90 Å². The minimum atomic E-state index is -1.05. The van der Waals surface area contributed by atoms with Crippen LogP contribution in [0, 0.1) is 0 Å². The van der Waals surface area contributed by atoms with E-state index in [0.717, 1.165) is 0 Å². The molecule has 1 rings (SSSR count). The molecule has 0 aromatic heterocycles. The molecule has 0 aliphatic rings. The van der Waals surface area contributed by atoms with E-state index in [0.29, 0.717) is 11.3 Å². The molecule has 0 bridgehead atoms. The van der Waals surface area contributed by atoms with E-state index in [9.17, 15) is 14.4 Å². The van der Waals surface area contributed by atoms with Crippen molar-refractivity contribution in [2.75, 3.05) is 11.9 Å². The summed E-state index contributed by atoms with van der Waals surface area (Å²) in [5, 5.41) is 11.4. The fraction of sp³-hybridized carbons (Fsp3) is 0.357. The van der Waals surface area contributed by atoms with Gasteiger partial charge in [0.05, 0.1) is 0 Å². The second kappa shape index (κ2) is 6.70. The highest BCUT2D eigenvalue weighted by Crippen LogP contribution is 2.13. The average Bonchev–Trinajstić information content (AvgIpc) is 2.35. The number of nitrogens with zero attached hydrogens (tertiary/aromatic N) is 1. The van der Waals surface area contributed by atoms with E-state index in [1.54, 1.807) is 38.1 Å². The Kier molecular flexibility index (Phi) is 5.25. The molecule has 20 heavy (non-hydrogen) atoms. The lowest BCUT2D eigenvalue weighted by molar-refractivity contribution is -0.138. The molecule has 108 valence electrons. The van der Waals surface area contributed by atoms with Crippen LogP contribution in [0.2, 0.25) is 0 Å². The predicted octanol–water partition coefficient (Wildman–Crippen LogP) is 1.58. The van der Waals surface area contributed by atoms with Crippen LogP contribution in [0.1, 0.15) is 31.1 Å². The van der Waals surface area contributed by atoms with Crippen LogP contribution in [0.25, 0.3) is 0 Å². The van der Waals surface area contributed by atoms with Gasteiger partial charge < -0.3 is 15.3 Å². The first-order valence-corrected chi connectivity index (χ1v) is 6.21. The van der Waals surface area contributed by atoms with E-state index >= 15 is 0 Å². The molecule has 0 aliphatic carbocycles. The maximum Gasteiger partial charge on any atom is 0.323 e. The zero-order valence-corrected chi connectivity index (χ0v) is 11.7. The lowest BCUT2D eigenvalue weighted by Gasteiger charge is -2.25. The van der Waals surface area contributed by atoms with Gasteiger partial charge in [0.25, 0.3) is 5.91 Å². The summed E-state index contributed by atoms with van der Waals surface area (Å²) in [5.41, 5.74) is 0.970. The first-order chi connectivity index (χ1) is 9.31. The second-order valence-electron chi connectivity index (χ2n) is 4.68. The van der Waals surface area contributed by atoms with Gasteiger partial charge in [-0.3, -0.25) is 14.4 Å². The lowest BCUT2D eigenvalue weighted by atomic mass is 10.1. The molecule has 0 fully saturated rings. The normalized spacial score (nSPS) is 10.2. The highest BCUT2D eigenvalue weighted by Gasteiger charge is 2.21. The van der Waals surface area contributed by atoms with Crippen LogP contribution in [-0.2, 0) is 9.59 Å². The van der Waals surface area contributed by atoms with Crippen molar-refractivity contribution in [3.63, 3.8) is 0 Å². The summed E-state index contributed by atoms with van der Waals surface area (Å²) in [6.07, 6.45) is 0. The van der Waals surface area contributed by atoms with Crippen LogP contribution < -0.4 is 5.32 Å². The van der Waals surface area contributed by atoms with Crippen molar-refractivity contribution in [2.24, 2.45) is 0 Å². The van der Waals surface area contributed by atoms with Crippen LogP contribution in [-0.4, -0.2) is 40.4 Å². The number of benzene rings is 1. The van der Waals surface area contributed by atoms with Crippen molar-refractivity contribution >= 4 is 23.5 Å². The molecular weight excluding hydrogens is 260 g/mol. The van der Waals surface area contributed by atoms with Gasteiger partial charge in [0.2, 0.25) is 5.91 Å². The van der Waals surface area contributed by atoms with Gasteiger partial charge in [-0.25, -0.2) is 0 Å². The summed E-state index contributed by atoms with van der Waals surface area (Å²) in [6.45, 7) is 4.56. The van der Waals surface area contributed by atoms with Crippen LogP contribution in [0.15, 0.2) is 24.3 Å². The molecule has 6 heteroatoms. The number of rotatable bonds is 5. The lowest BCUT2D eigenvalue weighted by Crippen LogP contribution is -2.40. The first kappa shape index (κ1) is 15.7. The molecule has 2 amide bonds. The molecule has 0 atom stereocenters. The maximum absolute atomic E-state index is 12.2. The highest BCUT2D eigenvalue weighted by molar-refractivity contribution is 5.97. The van der Waals surface area contributed by atoms with E-state index < -0.39 is 5.97 Å². The van der Waals surface area contributed by atoms with Gasteiger partial charge in [0.1, 0.15) is 6.54 Å². The topological polar surface area (TPSA) is 86.7 Å². The second-order valence-corrected chi connectivity index (χ2v) is 4.68. The summed E-state index contributed by atoms with van der Waals surface area (Å²) in [5.74, 6) is -1.60. The minimum absolute atomic E-state index is 0.196. The fourth-order valence-corrected chi connectivity index (χ4v) is 1.70. The Balaban J connectivity index is 2.89. The fourth-order valence-electron chi connectivity index (χ4n) is 1.70. The number of hydrogen-bond donors (Lipinski definition) is 2. The average molecular weight is 278 g/mol. The Hall–Kier alpha value is -2.37. The number of aliphatic carboxylic acids is 1. The van der Waals surface area contributed by atoms with Gasteiger partial charge in [0, 0.05) is 24.2 Å². The third-order valence-electron chi connectivity index (χ3n) is 2.64. The summed E-state index contributed by atoms with van der Waals surface area (Å²) < 4.78 is 0. The number of nitrogens with one attached hydrogen (secondary N) is 1. The largest absolute Gasteiger partial charge is 0.480 e. The number of carbonyl (C=O) groups is 3. The zero-order valence-electron chi connectivity index (χ0n) is 11.7. The summed E-state index contributed by atoms with van der Waals surface area (Å²) in [7, 11) is 0. The number of carboxylic acid groups (broad SMARTS) is 1. The minimum Gasteiger partial charge on any atom is -0.480 e. The quantitative estimate of drug-likeness (QED) is 0.856. The summed E-state index contributed by atoms with van der Waals surface area (Å²) in [6, 6.07) is 6.12. The molecule has 0 radical (unpaired) electrons. The van der Waals surface area contributed by atoms with E-state index in [2.05, 4.69) is 5.32 Å². The number of amides is 2. The third-order valence-corrected chi connectivity index (χ3v) is 2.64. The Morgan fingerprint density at radius 1 is 1.20 bits per heavy atom. The highest BCUT2D eigenvalue weighted by atomic mass is 16.4. The van der Waals surface area contributed by atoms with E-state index in [1.807, 2.05) is 0 Å².